The maximum absolute atomic E-state index is 13.0. The number of nitrogens with zero attached hydrogens (tertiary/aromatic N) is 4. The molecule has 1 aliphatic heterocycles. The fraction of sp³-hybridized carbons (Fsp3) is 0.250. The summed E-state index contributed by atoms with van der Waals surface area (Å²) in [7, 11) is 0. The van der Waals surface area contributed by atoms with Crippen LogP contribution in [0.25, 0.3) is 11.4 Å². The Hall–Kier alpha value is -2.98. The van der Waals surface area contributed by atoms with E-state index in [4.69, 9.17) is 23.2 Å². The van der Waals surface area contributed by atoms with E-state index in [9.17, 15) is 23.1 Å². The van der Waals surface area contributed by atoms with Crippen LogP contribution in [0.3, 0.4) is 0 Å². The number of alkyl halides is 3. The first-order chi connectivity index (χ1) is 15.1. The van der Waals surface area contributed by atoms with Crippen molar-refractivity contribution >= 4 is 34.8 Å². The molecule has 0 saturated carbocycles. The van der Waals surface area contributed by atoms with Gasteiger partial charge in [-0.15, -0.1) is 10.2 Å². The lowest BCUT2D eigenvalue weighted by Crippen LogP contribution is -2.49. The maximum atomic E-state index is 13.0. The van der Waals surface area contributed by atoms with Gasteiger partial charge in [0.25, 0.3) is 5.91 Å². The number of phenolic OH excluding ortho intramolecular Hbond substituents is 1. The average molecular weight is 486 g/mol. The quantitative estimate of drug-likeness (QED) is 0.571. The van der Waals surface area contributed by atoms with Crippen LogP contribution in [0.5, 0.6) is 5.75 Å². The highest BCUT2D eigenvalue weighted by atomic mass is 35.5. The Morgan fingerprint density at radius 3 is 2.31 bits per heavy atom. The third-order valence-corrected chi connectivity index (χ3v) is 5.66. The van der Waals surface area contributed by atoms with Gasteiger partial charge < -0.3 is 19.9 Å². The van der Waals surface area contributed by atoms with Crippen molar-refractivity contribution in [3.63, 3.8) is 0 Å². The Morgan fingerprint density at radius 2 is 1.69 bits per heavy atom. The second-order valence-electron chi connectivity index (χ2n) is 7.14. The number of aromatic amines is 1. The van der Waals surface area contributed by atoms with E-state index in [-0.39, 0.29) is 33.4 Å². The first kappa shape index (κ1) is 22.2. The Morgan fingerprint density at radius 1 is 1.03 bits per heavy atom. The zero-order valence-corrected chi connectivity index (χ0v) is 17.8. The predicted molar refractivity (Wildman–Crippen MR) is 113 cm³/mol. The molecule has 32 heavy (non-hydrogen) atoms. The molecule has 0 aliphatic carbocycles. The fourth-order valence-corrected chi connectivity index (χ4v) is 3.87. The van der Waals surface area contributed by atoms with Crippen LogP contribution >= 0.6 is 23.2 Å². The molecule has 0 radical (unpaired) electrons. The second kappa shape index (κ2) is 8.51. The molecule has 0 unspecified atom stereocenters. The lowest BCUT2D eigenvalue weighted by molar-refractivity contribution is -0.137. The van der Waals surface area contributed by atoms with Gasteiger partial charge in [-0.1, -0.05) is 29.3 Å². The molecule has 7 nitrogen and oxygen atoms in total. The standard InChI is InChI=1S/C20H16Cl2F3N5O2/c21-14-8-11(9-15(22)16(14)31)17-26-18(28-27-17)19(32)30-6-4-29(5-7-30)13-3-1-2-12(10-13)20(23,24)25/h1-3,8-10,31H,4-7H2,(H,26,27,28). The molecule has 3 aromatic rings. The number of H-pyrrole nitrogens is 1. The SMILES string of the molecule is O=C(c1nnc(-c2cc(Cl)c(O)c(Cl)c2)[nH]1)N1CCN(c2cccc(C(F)(F)F)c2)CC1. The van der Waals surface area contributed by atoms with Crippen molar-refractivity contribution in [3.8, 4) is 17.1 Å². The normalized spacial score (nSPS) is 14.7. The monoisotopic (exact) mass is 485 g/mol. The van der Waals surface area contributed by atoms with E-state index in [0.717, 1.165) is 12.1 Å². The summed E-state index contributed by atoms with van der Waals surface area (Å²) >= 11 is 11.8. The molecule has 2 heterocycles. The van der Waals surface area contributed by atoms with E-state index in [0.29, 0.717) is 37.4 Å². The molecular weight excluding hydrogens is 470 g/mol. The smallest absolute Gasteiger partial charge is 0.416 e. The van der Waals surface area contributed by atoms with Crippen LogP contribution in [0.4, 0.5) is 18.9 Å². The van der Waals surface area contributed by atoms with Crippen LogP contribution in [0.15, 0.2) is 36.4 Å². The van der Waals surface area contributed by atoms with Gasteiger partial charge in [-0.25, -0.2) is 0 Å². The number of hydrogen-bond acceptors (Lipinski definition) is 5. The minimum Gasteiger partial charge on any atom is -0.505 e. The number of hydrogen-bond donors (Lipinski definition) is 2. The van der Waals surface area contributed by atoms with E-state index in [1.165, 1.54) is 18.2 Å². The van der Waals surface area contributed by atoms with Crippen LogP contribution < -0.4 is 4.90 Å². The van der Waals surface area contributed by atoms with Gasteiger partial charge in [-0.3, -0.25) is 4.79 Å². The summed E-state index contributed by atoms with van der Waals surface area (Å²) in [5.41, 5.74) is 0.186. The number of carbonyl (C=O) groups is 1. The van der Waals surface area contributed by atoms with E-state index < -0.39 is 11.7 Å². The van der Waals surface area contributed by atoms with Gasteiger partial charge >= 0.3 is 6.18 Å². The summed E-state index contributed by atoms with van der Waals surface area (Å²) < 4.78 is 38.9. The predicted octanol–water partition coefficient (Wildman–Crippen LogP) is 4.47. The lowest BCUT2D eigenvalue weighted by Gasteiger charge is -2.35. The van der Waals surface area contributed by atoms with Gasteiger partial charge in [-0.2, -0.15) is 13.2 Å². The molecule has 4 rings (SSSR count). The lowest BCUT2D eigenvalue weighted by atomic mass is 10.1. The van der Waals surface area contributed by atoms with E-state index >= 15 is 0 Å². The van der Waals surface area contributed by atoms with Crippen LogP contribution in [-0.4, -0.2) is 57.3 Å². The number of amides is 1. The van der Waals surface area contributed by atoms with Gasteiger partial charge in [0.1, 0.15) is 0 Å². The molecule has 1 aromatic heterocycles. The highest BCUT2D eigenvalue weighted by Gasteiger charge is 2.31. The number of piperazine rings is 1. The number of aromatic nitrogens is 3. The summed E-state index contributed by atoms with van der Waals surface area (Å²) in [4.78, 5) is 19.0. The number of phenols is 1. The van der Waals surface area contributed by atoms with Gasteiger partial charge in [0.2, 0.25) is 5.82 Å². The van der Waals surface area contributed by atoms with E-state index in [2.05, 4.69) is 15.2 Å². The number of aromatic hydroxyl groups is 1. The first-order valence-electron chi connectivity index (χ1n) is 9.46. The van der Waals surface area contributed by atoms with Crippen LogP contribution in [0.2, 0.25) is 10.0 Å². The molecule has 2 aromatic carbocycles. The van der Waals surface area contributed by atoms with Crippen molar-refractivity contribution in [1.29, 1.82) is 0 Å². The average Bonchev–Trinajstić information content (AvgIpc) is 3.26. The van der Waals surface area contributed by atoms with Crippen LogP contribution in [0.1, 0.15) is 16.2 Å². The molecule has 1 amide bonds. The van der Waals surface area contributed by atoms with Gasteiger partial charge in [0.15, 0.2) is 11.6 Å². The fourth-order valence-electron chi connectivity index (χ4n) is 3.39. The first-order valence-corrected chi connectivity index (χ1v) is 10.2. The van der Waals surface area contributed by atoms with Crippen molar-refractivity contribution in [2.24, 2.45) is 0 Å². The minimum atomic E-state index is -4.41. The Bertz CT molecular complexity index is 1140. The number of nitrogens with one attached hydrogen (secondary N) is 1. The number of benzene rings is 2. The Balaban J connectivity index is 1.44. The summed E-state index contributed by atoms with van der Waals surface area (Å²) in [6.45, 7) is 1.36. The largest absolute Gasteiger partial charge is 0.505 e. The number of carbonyl (C=O) groups excluding carboxylic acids is 1. The van der Waals surface area contributed by atoms with E-state index in [1.54, 1.807) is 15.9 Å². The molecule has 0 spiro atoms. The topological polar surface area (TPSA) is 85.3 Å². The third kappa shape index (κ3) is 4.46. The van der Waals surface area contributed by atoms with Crippen molar-refractivity contribution in [2.45, 2.75) is 6.18 Å². The molecule has 168 valence electrons. The molecule has 12 heteroatoms. The molecule has 2 N–H and O–H groups in total. The van der Waals surface area contributed by atoms with Crippen LogP contribution in [-0.2, 0) is 6.18 Å². The molecule has 0 atom stereocenters. The summed E-state index contributed by atoms with van der Waals surface area (Å²) in [6.07, 6.45) is -4.41. The molecule has 1 fully saturated rings. The Kier molecular flexibility index (Phi) is 5.91. The summed E-state index contributed by atoms with van der Waals surface area (Å²) in [6, 6.07) is 7.99. The minimum absolute atomic E-state index is 0.00726. The number of rotatable bonds is 3. The zero-order valence-electron chi connectivity index (χ0n) is 16.3. The molecule has 0 bridgehead atoms. The maximum Gasteiger partial charge on any atom is 0.416 e. The van der Waals surface area contributed by atoms with Gasteiger partial charge in [-0.05, 0) is 30.3 Å². The zero-order chi connectivity index (χ0) is 23.0. The Labute approximate surface area is 190 Å². The number of anilines is 1. The summed E-state index contributed by atoms with van der Waals surface area (Å²) in [5, 5.41) is 17.6. The molecule has 1 aliphatic rings. The third-order valence-electron chi connectivity index (χ3n) is 5.09. The van der Waals surface area contributed by atoms with Crippen molar-refractivity contribution in [2.75, 3.05) is 31.1 Å². The van der Waals surface area contributed by atoms with E-state index in [1.807, 2.05) is 0 Å². The molecular formula is C20H16Cl2F3N5O2. The summed E-state index contributed by atoms with van der Waals surface area (Å²) in [5.74, 6) is -0.387. The van der Waals surface area contributed by atoms with Crippen LogP contribution in [0, 0.1) is 0 Å². The van der Waals surface area contributed by atoms with Crippen molar-refractivity contribution < 1.29 is 23.1 Å². The second-order valence-corrected chi connectivity index (χ2v) is 7.95. The van der Waals surface area contributed by atoms with Gasteiger partial charge in [0.05, 0.1) is 15.6 Å². The van der Waals surface area contributed by atoms with Crippen molar-refractivity contribution in [1.82, 2.24) is 20.1 Å². The highest BCUT2D eigenvalue weighted by molar-refractivity contribution is 6.37. The van der Waals surface area contributed by atoms with Crippen molar-refractivity contribution in [3.05, 3.63) is 57.8 Å². The number of halogens is 5. The van der Waals surface area contributed by atoms with Gasteiger partial charge in [0, 0.05) is 37.4 Å². The highest BCUT2D eigenvalue weighted by Crippen LogP contribution is 2.35. The molecule has 1 saturated heterocycles.